The largest absolute Gasteiger partial charge is 1.00 e. The standard InChI is InChI=1S/3Na.H3O3P.H2O3P/c;;;2*1-4(2)3/h;;;4H,(H2,1,2,3);1-2H/q3*+1;;-1/p-2. The van der Waals surface area contributed by atoms with Crippen molar-refractivity contribution in [2.24, 2.45) is 0 Å². The second-order valence-electron chi connectivity index (χ2n) is 0.503. The van der Waals surface area contributed by atoms with Crippen LogP contribution >= 0.6 is 16.9 Å². The maximum absolute atomic E-state index is 8.70. The van der Waals surface area contributed by atoms with Gasteiger partial charge in [0.25, 0.3) is 0 Å². The third-order valence-corrected chi connectivity index (χ3v) is 0. The molecule has 0 aliphatic carbocycles. The van der Waals surface area contributed by atoms with E-state index in [1.165, 1.54) is 0 Å². The predicted octanol–water partition coefficient (Wildman–Crippen LogP) is -12.3. The first-order chi connectivity index (χ1) is 3.46. The maximum atomic E-state index is 8.70. The molecule has 0 unspecified atom stereocenters. The first-order valence-electron chi connectivity index (χ1n) is 1.19. The van der Waals surface area contributed by atoms with Crippen LogP contribution in [0, 0.1) is 0 Å². The van der Waals surface area contributed by atoms with Gasteiger partial charge in [0.05, 0.1) is 8.60 Å². The molecular weight excluding hydrogens is 227 g/mol. The van der Waals surface area contributed by atoms with Crippen LogP contribution in [0.25, 0.3) is 0 Å². The van der Waals surface area contributed by atoms with E-state index in [2.05, 4.69) is 0 Å². The molecule has 0 heterocycles. The smallest absolute Gasteiger partial charge is 0.813 e. The zero-order valence-electron chi connectivity index (χ0n) is 6.47. The van der Waals surface area contributed by atoms with Gasteiger partial charge in [0.2, 0.25) is 0 Å². The van der Waals surface area contributed by atoms with Crippen molar-refractivity contribution in [3.8, 4) is 0 Å². The molecule has 0 spiro atoms. The molecule has 0 aliphatic heterocycles. The van der Waals surface area contributed by atoms with Gasteiger partial charge in [-0.3, -0.25) is 0 Å². The fourth-order valence-electron chi connectivity index (χ4n) is 0. The molecule has 0 aromatic heterocycles. The summed E-state index contributed by atoms with van der Waals surface area (Å²) < 4.78 is 8.52. The van der Waals surface area contributed by atoms with E-state index in [1.54, 1.807) is 0 Å². The Morgan fingerprint density at radius 1 is 1.09 bits per heavy atom. The van der Waals surface area contributed by atoms with Crippen molar-refractivity contribution < 1.29 is 118 Å². The van der Waals surface area contributed by atoms with Crippen LogP contribution in [0.3, 0.4) is 0 Å². The molecule has 0 rings (SSSR count). The van der Waals surface area contributed by atoms with Crippen molar-refractivity contribution in [2.75, 3.05) is 0 Å². The monoisotopic (exact) mass is 230 g/mol. The molecule has 0 fully saturated rings. The molecule has 0 radical (unpaired) electrons. The molecule has 2 N–H and O–H groups in total. The SMILES string of the molecule is O=[PH]([O-])[O-].[Na+].[Na+].[Na+].[O-]P(O)O. The van der Waals surface area contributed by atoms with Crippen molar-refractivity contribution in [1.82, 2.24) is 0 Å². The second-order valence-corrected chi connectivity index (χ2v) is 1.51. The van der Waals surface area contributed by atoms with Crippen LogP contribution < -0.4 is 103 Å². The van der Waals surface area contributed by atoms with Crippen LogP contribution in [-0.4, -0.2) is 9.79 Å². The average Bonchev–Trinajstić information content (AvgIpc) is 1.25. The maximum Gasteiger partial charge on any atom is 1.00 e. The first-order valence-corrected chi connectivity index (χ1v) is 3.58. The molecule has 0 saturated heterocycles. The molecular formula is H3Na3O6P2. The Morgan fingerprint density at radius 3 is 1.09 bits per heavy atom. The van der Waals surface area contributed by atoms with Crippen LogP contribution in [-0.2, 0) is 4.57 Å². The van der Waals surface area contributed by atoms with Crippen LogP contribution in [0.1, 0.15) is 0 Å². The van der Waals surface area contributed by atoms with Crippen molar-refractivity contribution in [1.29, 1.82) is 0 Å². The summed E-state index contributed by atoms with van der Waals surface area (Å²) in [7, 11) is -6.50. The molecule has 11 heavy (non-hydrogen) atoms. The number of rotatable bonds is 0. The summed E-state index contributed by atoms with van der Waals surface area (Å²) in [6, 6.07) is 0. The Hall–Kier alpha value is 3.46. The molecule has 0 amide bonds. The minimum absolute atomic E-state index is 0. The van der Waals surface area contributed by atoms with Crippen molar-refractivity contribution in [3.63, 3.8) is 0 Å². The van der Waals surface area contributed by atoms with Crippen molar-refractivity contribution in [2.45, 2.75) is 0 Å². The minimum Gasteiger partial charge on any atom is -0.813 e. The van der Waals surface area contributed by atoms with E-state index in [0.717, 1.165) is 0 Å². The quantitative estimate of drug-likeness (QED) is 0.314. The third-order valence-electron chi connectivity index (χ3n) is 0. The Bertz CT molecular complexity index is 60.1. The second kappa shape index (κ2) is 23.4. The fraction of sp³-hybridized carbons (Fsp3) is 0. The number of hydrogen-bond acceptors (Lipinski definition) is 6. The summed E-state index contributed by atoms with van der Waals surface area (Å²) in [5, 5.41) is 0. The van der Waals surface area contributed by atoms with Crippen molar-refractivity contribution in [3.05, 3.63) is 0 Å². The van der Waals surface area contributed by atoms with E-state index in [-0.39, 0.29) is 88.7 Å². The molecule has 0 atom stereocenters. The molecule has 0 aliphatic rings. The molecule has 0 aromatic carbocycles. The van der Waals surface area contributed by atoms with Gasteiger partial charge in [0, 0.05) is 0 Å². The minimum atomic E-state index is -3.63. The zero-order valence-corrected chi connectivity index (χ0v) is 14.4. The van der Waals surface area contributed by atoms with Gasteiger partial charge < -0.3 is 29.0 Å². The van der Waals surface area contributed by atoms with Crippen molar-refractivity contribution >= 4 is 16.9 Å². The molecule has 0 saturated carbocycles. The summed E-state index contributed by atoms with van der Waals surface area (Å²) in [6.07, 6.45) is 0. The molecule has 0 bridgehead atoms. The van der Waals surface area contributed by atoms with Crippen LogP contribution in [0.15, 0.2) is 0 Å². The third kappa shape index (κ3) is 148. The topological polar surface area (TPSA) is 127 Å². The molecule has 0 aromatic rings. The van der Waals surface area contributed by atoms with Crippen LogP contribution in [0.2, 0.25) is 0 Å². The summed E-state index contributed by atoms with van der Waals surface area (Å²) >= 11 is 0. The molecule has 11 heteroatoms. The molecule has 6 nitrogen and oxygen atoms in total. The van der Waals surface area contributed by atoms with Gasteiger partial charge in [-0.1, -0.05) is 8.25 Å². The van der Waals surface area contributed by atoms with Gasteiger partial charge in [-0.15, -0.1) is 0 Å². The number of hydrogen-bond donors (Lipinski definition) is 2. The van der Waals surface area contributed by atoms with Gasteiger partial charge in [-0.05, 0) is 0 Å². The Kier molecular flexibility index (Phi) is 62.1. The summed E-state index contributed by atoms with van der Waals surface area (Å²) in [5.41, 5.74) is 0. The summed E-state index contributed by atoms with van der Waals surface area (Å²) in [4.78, 5) is 40.0. The van der Waals surface area contributed by atoms with E-state index in [1.807, 2.05) is 0 Å². The first kappa shape index (κ1) is 29.3. The Labute approximate surface area is 132 Å². The zero-order chi connectivity index (χ0) is 7.15. The van der Waals surface area contributed by atoms with Gasteiger partial charge in [0.15, 0.2) is 0 Å². The van der Waals surface area contributed by atoms with E-state index in [9.17, 15) is 0 Å². The Balaban J connectivity index is -0.0000000171. The van der Waals surface area contributed by atoms with Gasteiger partial charge in [0.1, 0.15) is 0 Å². The van der Waals surface area contributed by atoms with E-state index in [4.69, 9.17) is 29.0 Å². The van der Waals surface area contributed by atoms with Gasteiger partial charge in [-0.2, -0.15) is 0 Å². The Morgan fingerprint density at radius 2 is 1.09 bits per heavy atom. The van der Waals surface area contributed by atoms with E-state index >= 15 is 0 Å². The van der Waals surface area contributed by atoms with Crippen LogP contribution in [0.4, 0.5) is 0 Å². The van der Waals surface area contributed by atoms with Gasteiger partial charge >= 0.3 is 88.7 Å². The predicted molar refractivity (Wildman–Crippen MR) is 20.4 cm³/mol. The molecule has 52 valence electrons. The average molecular weight is 230 g/mol. The van der Waals surface area contributed by atoms with E-state index in [0.29, 0.717) is 0 Å². The van der Waals surface area contributed by atoms with E-state index < -0.39 is 16.9 Å². The van der Waals surface area contributed by atoms with Gasteiger partial charge in [-0.25, -0.2) is 0 Å². The summed E-state index contributed by atoms with van der Waals surface area (Å²) in [6.45, 7) is 0. The fourth-order valence-corrected chi connectivity index (χ4v) is 0. The summed E-state index contributed by atoms with van der Waals surface area (Å²) in [5.74, 6) is 0. The normalized spacial score (nSPS) is 6.45. The van der Waals surface area contributed by atoms with Crippen LogP contribution in [0.5, 0.6) is 0 Å².